The van der Waals surface area contributed by atoms with E-state index >= 15 is 0 Å². The van der Waals surface area contributed by atoms with E-state index in [1.165, 1.54) is 6.08 Å². The normalized spacial score (nSPS) is 11.1. The summed E-state index contributed by atoms with van der Waals surface area (Å²) in [7, 11) is -9.28. The molecule has 0 rings (SSSR count). The first-order chi connectivity index (χ1) is 6.27. The standard InChI is InChI=1S/C4H8O.2Na.2H3O4P.2H/c1-3-4(2)5;;;2*1-5(2,3)4;;/h3-5H,1H2,2H3;;;2*(H3,1,2,3,4);;/q;2*+1;;;2*-1. The SMILES string of the molecule is C=CC(C)O.O=P(O)(O)O.O=P(O)(O)O.[H-].[H-].[Na+].[Na+]. The smallest absolute Gasteiger partial charge is 1.00 e. The molecule has 1 atom stereocenters. The van der Waals surface area contributed by atoms with Crippen molar-refractivity contribution in [3.63, 3.8) is 0 Å². The molecule has 17 heavy (non-hydrogen) atoms. The number of hydrogen-bond donors (Lipinski definition) is 7. The first-order valence-electron chi connectivity index (χ1n) is 3.14. The van der Waals surface area contributed by atoms with Crippen LogP contribution in [0.1, 0.15) is 9.78 Å². The summed E-state index contributed by atoms with van der Waals surface area (Å²) < 4.78 is 17.8. The molecular formula is C4H16Na2O9P2. The van der Waals surface area contributed by atoms with Gasteiger partial charge in [-0.25, -0.2) is 9.13 Å². The minimum Gasteiger partial charge on any atom is -1.00 e. The van der Waals surface area contributed by atoms with Crippen molar-refractivity contribution < 1.29 is 106 Å². The summed E-state index contributed by atoms with van der Waals surface area (Å²) in [5.74, 6) is 0. The predicted octanol–water partition coefficient (Wildman–Crippen LogP) is -7.07. The maximum Gasteiger partial charge on any atom is 1.00 e. The van der Waals surface area contributed by atoms with E-state index in [0.717, 1.165) is 0 Å². The molecule has 0 amide bonds. The fourth-order valence-corrected chi connectivity index (χ4v) is 0. The van der Waals surface area contributed by atoms with Gasteiger partial charge in [-0.05, 0) is 6.92 Å². The molecule has 0 aliphatic rings. The Morgan fingerprint density at radius 2 is 1.06 bits per heavy atom. The van der Waals surface area contributed by atoms with Crippen molar-refractivity contribution in [1.29, 1.82) is 0 Å². The minimum atomic E-state index is -4.64. The van der Waals surface area contributed by atoms with Gasteiger partial charge in [-0.1, -0.05) is 6.08 Å². The van der Waals surface area contributed by atoms with Gasteiger partial charge in [0, 0.05) is 0 Å². The van der Waals surface area contributed by atoms with Crippen molar-refractivity contribution in [3.8, 4) is 0 Å². The van der Waals surface area contributed by atoms with Gasteiger partial charge >= 0.3 is 74.8 Å². The molecule has 0 radical (unpaired) electrons. The topological polar surface area (TPSA) is 176 Å². The molecule has 0 aromatic rings. The molecular weight excluding hydrogens is 300 g/mol. The molecule has 0 saturated heterocycles. The molecule has 0 aliphatic carbocycles. The van der Waals surface area contributed by atoms with Crippen molar-refractivity contribution in [2.24, 2.45) is 0 Å². The second kappa shape index (κ2) is 16.0. The fraction of sp³-hybridized carbons (Fsp3) is 0.500. The molecule has 0 heterocycles. The van der Waals surface area contributed by atoms with Crippen LogP contribution in [0.3, 0.4) is 0 Å². The molecule has 9 nitrogen and oxygen atoms in total. The van der Waals surface area contributed by atoms with E-state index < -0.39 is 15.6 Å². The first kappa shape index (κ1) is 31.4. The minimum absolute atomic E-state index is 0. The van der Waals surface area contributed by atoms with Gasteiger partial charge in [0.05, 0.1) is 6.10 Å². The van der Waals surface area contributed by atoms with Crippen molar-refractivity contribution in [1.82, 2.24) is 0 Å². The van der Waals surface area contributed by atoms with Crippen LogP contribution >= 0.6 is 15.6 Å². The summed E-state index contributed by atoms with van der Waals surface area (Å²) >= 11 is 0. The van der Waals surface area contributed by atoms with Crippen LogP contribution in [-0.2, 0) is 9.13 Å². The van der Waals surface area contributed by atoms with Crippen LogP contribution in [0.5, 0.6) is 0 Å². The van der Waals surface area contributed by atoms with Crippen LogP contribution in [0.2, 0.25) is 0 Å². The zero-order chi connectivity index (χ0) is 13.3. The maximum atomic E-state index is 8.88. The Kier molecular flexibility index (Phi) is 29.5. The average Bonchev–Trinajstić information content (AvgIpc) is 1.79. The molecule has 0 spiro atoms. The number of rotatable bonds is 1. The Hall–Kier alpha value is 1.92. The summed E-state index contributed by atoms with van der Waals surface area (Å²) in [5.41, 5.74) is 0. The van der Waals surface area contributed by atoms with Crippen LogP contribution < -0.4 is 59.1 Å². The zero-order valence-electron chi connectivity index (χ0n) is 11.7. The van der Waals surface area contributed by atoms with Gasteiger partial charge in [-0.15, -0.1) is 6.58 Å². The average molecular weight is 316 g/mol. The van der Waals surface area contributed by atoms with Gasteiger partial charge < -0.3 is 37.3 Å². The van der Waals surface area contributed by atoms with Crippen LogP contribution in [0.4, 0.5) is 0 Å². The third-order valence-electron chi connectivity index (χ3n) is 0.341. The van der Waals surface area contributed by atoms with Crippen molar-refractivity contribution in [2.75, 3.05) is 0 Å². The predicted molar refractivity (Wildman–Crippen MR) is 52.6 cm³/mol. The zero-order valence-corrected chi connectivity index (χ0v) is 15.5. The fourth-order valence-electron chi connectivity index (χ4n) is 0. The quantitative estimate of drug-likeness (QED) is 0.141. The Balaban J connectivity index is -0.0000000206. The van der Waals surface area contributed by atoms with E-state index in [0.29, 0.717) is 0 Å². The molecule has 0 aromatic heterocycles. The van der Waals surface area contributed by atoms with Crippen molar-refractivity contribution in [2.45, 2.75) is 13.0 Å². The molecule has 0 fully saturated rings. The van der Waals surface area contributed by atoms with E-state index in [2.05, 4.69) is 6.58 Å². The molecule has 0 aliphatic heterocycles. The number of aliphatic hydroxyl groups excluding tert-OH is 1. The van der Waals surface area contributed by atoms with E-state index in [9.17, 15) is 0 Å². The molecule has 13 heteroatoms. The van der Waals surface area contributed by atoms with E-state index in [1.54, 1.807) is 6.92 Å². The number of hydrogen-bond acceptors (Lipinski definition) is 3. The van der Waals surface area contributed by atoms with Crippen LogP contribution in [-0.4, -0.2) is 40.6 Å². The van der Waals surface area contributed by atoms with E-state index in [1.807, 2.05) is 0 Å². The molecule has 7 N–H and O–H groups in total. The summed E-state index contributed by atoms with van der Waals surface area (Å²) in [6.07, 6.45) is 1.12. The van der Waals surface area contributed by atoms with E-state index in [-0.39, 0.29) is 68.1 Å². The summed E-state index contributed by atoms with van der Waals surface area (Å²) in [4.78, 5) is 43.1. The van der Waals surface area contributed by atoms with Gasteiger partial charge in [0.2, 0.25) is 0 Å². The van der Waals surface area contributed by atoms with Crippen LogP contribution in [0, 0.1) is 0 Å². The largest absolute Gasteiger partial charge is 1.00 e. The van der Waals surface area contributed by atoms with Gasteiger partial charge in [0.1, 0.15) is 0 Å². The summed E-state index contributed by atoms with van der Waals surface area (Å²) in [6.45, 7) is 4.97. The Morgan fingerprint density at radius 1 is 1.00 bits per heavy atom. The first-order valence-corrected chi connectivity index (χ1v) is 6.27. The third-order valence-corrected chi connectivity index (χ3v) is 0.341. The number of aliphatic hydroxyl groups is 1. The third kappa shape index (κ3) is 296. The molecule has 0 bridgehead atoms. The summed E-state index contributed by atoms with van der Waals surface area (Å²) in [5, 5.41) is 8.24. The van der Waals surface area contributed by atoms with Crippen LogP contribution in [0.15, 0.2) is 12.7 Å². The Bertz CT molecular complexity index is 218. The van der Waals surface area contributed by atoms with Gasteiger partial charge in [-0.2, -0.15) is 0 Å². The number of phosphoric acid groups is 2. The van der Waals surface area contributed by atoms with Crippen LogP contribution in [0.25, 0.3) is 0 Å². The van der Waals surface area contributed by atoms with Crippen molar-refractivity contribution >= 4 is 15.6 Å². The molecule has 0 saturated carbocycles. The molecule has 98 valence electrons. The van der Waals surface area contributed by atoms with Gasteiger partial charge in [-0.3, -0.25) is 0 Å². The second-order valence-corrected chi connectivity index (χ2v) is 4.06. The summed E-state index contributed by atoms with van der Waals surface area (Å²) in [6, 6.07) is 0. The van der Waals surface area contributed by atoms with Gasteiger partial charge in [0.15, 0.2) is 0 Å². The Morgan fingerprint density at radius 3 is 1.06 bits per heavy atom. The molecule has 0 aromatic carbocycles. The monoisotopic (exact) mass is 316 g/mol. The second-order valence-electron chi connectivity index (χ2n) is 2.00. The van der Waals surface area contributed by atoms with Gasteiger partial charge in [0.25, 0.3) is 0 Å². The van der Waals surface area contributed by atoms with Crippen molar-refractivity contribution in [3.05, 3.63) is 12.7 Å². The maximum absolute atomic E-state index is 8.88. The van der Waals surface area contributed by atoms with E-state index in [4.69, 9.17) is 43.6 Å². The Labute approximate surface area is 146 Å². The molecule has 1 unspecified atom stereocenters.